The van der Waals surface area contributed by atoms with Crippen molar-refractivity contribution in [1.82, 2.24) is 28.9 Å². The van der Waals surface area contributed by atoms with Gasteiger partial charge in [0.1, 0.15) is 29.9 Å². The number of halogens is 2. The Kier molecular flexibility index (Phi) is 6.10. The Labute approximate surface area is 208 Å². The zero-order valence-corrected chi connectivity index (χ0v) is 20.2. The van der Waals surface area contributed by atoms with Gasteiger partial charge in [-0.1, -0.05) is 18.2 Å². The van der Waals surface area contributed by atoms with Gasteiger partial charge in [0.25, 0.3) is 0 Å². The standard InChI is InChI=1S/C25H22F2N6O2S/c1-16(25(35,13-31-15-28-14-29-31)21-8-5-19(26)11-22(21)27)32-9-10-33(24(32)34)20-6-3-18(4-7-20)23-12-36-17(2)30-23/h3-12,14-16,35H,13H2,1-2H3/t16-,25-/m1/s1. The summed E-state index contributed by atoms with van der Waals surface area (Å²) in [6.07, 6.45) is 5.76. The lowest BCUT2D eigenvalue weighted by atomic mass is 9.86. The number of aromatic nitrogens is 6. The van der Waals surface area contributed by atoms with Crippen LogP contribution in [0.5, 0.6) is 0 Å². The van der Waals surface area contributed by atoms with Gasteiger partial charge in [0, 0.05) is 35.0 Å². The lowest BCUT2D eigenvalue weighted by Gasteiger charge is -2.35. The third kappa shape index (κ3) is 4.27. The summed E-state index contributed by atoms with van der Waals surface area (Å²) in [5, 5.41) is 18.7. The number of rotatable bonds is 7. The molecule has 5 aromatic rings. The maximum Gasteiger partial charge on any atom is 0.333 e. The Hall–Kier alpha value is -3.96. The number of nitrogens with zero attached hydrogens (tertiary/aromatic N) is 6. The van der Waals surface area contributed by atoms with Gasteiger partial charge in [-0.05, 0) is 32.0 Å². The molecule has 2 atom stereocenters. The van der Waals surface area contributed by atoms with Crippen molar-refractivity contribution in [2.75, 3.05) is 0 Å². The molecule has 2 aromatic carbocycles. The van der Waals surface area contributed by atoms with E-state index in [0.717, 1.165) is 22.3 Å². The van der Waals surface area contributed by atoms with Crippen LogP contribution in [-0.4, -0.2) is 34.0 Å². The first-order chi connectivity index (χ1) is 17.3. The molecule has 5 rings (SSSR count). The first-order valence-electron chi connectivity index (χ1n) is 11.1. The second kappa shape index (κ2) is 9.25. The summed E-state index contributed by atoms with van der Waals surface area (Å²) in [4.78, 5) is 21.8. The molecule has 0 amide bonds. The van der Waals surface area contributed by atoms with Crippen LogP contribution in [0, 0.1) is 18.6 Å². The molecule has 36 heavy (non-hydrogen) atoms. The van der Waals surface area contributed by atoms with Gasteiger partial charge in [0.2, 0.25) is 0 Å². The topological polar surface area (TPSA) is 90.8 Å². The lowest BCUT2D eigenvalue weighted by Crippen LogP contribution is -2.43. The minimum Gasteiger partial charge on any atom is -0.381 e. The summed E-state index contributed by atoms with van der Waals surface area (Å²) in [6, 6.07) is 9.37. The van der Waals surface area contributed by atoms with Crippen molar-refractivity contribution in [1.29, 1.82) is 0 Å². The minimum atomic E-state index is -1.95. The molecule has 0 saturated carbocycles. The largest absolute Gasteiger partial charge is 0.381 e. The van der Waals surface area contributed by atoms with E-state index in [4.69, 9.17) is 0 Å². The second-order valence-corrected chi connectivity index (χ2v) is 9.54. The Balaban J connectivity index is 1.52. The molecular weight excluding hydrogens is 486 g/mol. The normalized spacial score (nSPS) is 14.0. The molecule has 0 bridgehead atoms. The van der Waals surface area contributed by atoms with Crippen LogP contribution in [0.2, 0.25) is 0 Å². The predicted molar refractivity (Wildman–Crippen MR) is 131 cm³/mol. The molecule has 0 saturated heterocycles. The van der Waals surface area contributed by atoms with Crippen molar-refractivity contribution in [3.8, 4) is 16.9 Å². The van der Waals surface area contributed by atoms with Crippen molar-refractivity contribution >= 4 is 11.3 Å². The van der Waals surface area contributed by atoms with E-state index < -0.39 is 29.0 Å². The molecule has 184 valence electrons. The number of benzene rings is 2. The van der Waals surface area contributed by atoms with Gasteiger partial charge in [0.05, 0.1) is 29.0 Å². The first-order valence-corrected chi connectivity index (χ1v) is 12.0. The van der Waals surface area contributed by atoms with E-state index in [1.807, 2.05) is 36.6 Å². The zero-order valence-electron chi connectivity index (χ0n) is 19.4. The maximum absolute atomic E-state index is 14.9. The molecule has 0 spiro atoms. The molecule has 3 heterocycles. The van der Waals surface area contributed by atoms with E-state index in [-0.39, 0.29) is 12.1 Å². The molecule has 0 fully saturated rings. The summed E-state index contributed by atoms with van der Waals surface area (Å²) >= 11 is 1.56. The fraction of sp³-hybridized carbons (Fsp3) is 0.200. The van der Waals surface area contributed by atoms with Gasteiger partial charge in [-0.25, -0.2) is 28.2 Å². The van der Waals surface area contributed by atoms with Crippen LogP contribution in [0.25, 0.3) is 16.9 Å². The SMILES string of the molecule is Cc1nc(-c2ccc(-n3ccn([C@H](C)[C@](O)(Cn4cncn4)c4ccc(F)cc4F)c3=O)cc2)cs1. The fourth-order valence-electron chi connectivity index (χ4n) is 4.24. The molecule has 8 nitrogen and oxygen atoms in total. The first kappa shape index (κ1) is 23.8. The van der Waals surface area contributed by atoms with Crippen LogP contribution in [0.3, 0.4) is 0 Å². The Morgan fingerprint density at radius 3 is 2.56 bits per heavy atom. The van der Waals surface area contributed by atoms with Crippen molar-refractivity contribution in [3.05, 3.63) is 106 Å². The highest BCUT2D eigenvalue weighted by Gasteiger charge is 2.41. The van der Waals surface area contributed by atoms with Crippen LogP contribution in [0.1, 0.15) is 23.5 Å². The number of hydrogen-bond acceptors (Lipinski definition) is 6. The monoisotopic (exact) mass is 508 g/mol. The highest BCUT2D eigenvalue weighted by molar-refractivity contribution is 7.09. The zero-order chi connectivity index (χ0) is 25.4. The number of thiazole rings is 1. The van der Waals surface area contributed by atoms with Crippen LogP contribution in [-0.2, 0) is 12.1 Å². The fourth-order valence-corrected chi connectivity index (χ4v) is 4.87. The van der Waals surface area contributed by atoms with Gasteiger partial charge in [-0.15, -0.1) is 11.3 Å². The average Bonchev–Trinajstić information content (AvgIpc) is 3.60. The summed E-state index contributed by atoms with van der Waals surface area (Å²) in [5.41, 5.74) is -0.128. The van der Waals surface area contributed by atoms with E-state index in [1.165, 1.54) is 38.7 Å². The second-order valence-electron chi connectivity index (χ2n) is 8.47. The summed E-state index contributed by atoms with van der Waals surface area (Å²) in [5.74, 6) is -1.70. The minimum absolute atomic E-state index is 0.158. The van der Waals surface area contributed by atoms with Crippen LogP contribution in [0.15, 0.2) is 77.7 Å². The Bertz CT molecular complexity index is 1560. The lowest BCUT2D eigenvalue weighted by molar-refractivity contribution is -0.0342. The van der Waals surface area contributed by atoms with Gasteiger partial charge < -0.3 is 5.11 Å². The van der Waals surface area contributed by atoms with Crippen molar-refractivity contribution < 1.29 is 13.9 Å². The molecule has 0 aliphatic heterocycles. The number of aliphatic hydroxyl groups is 1. The van der Waals surface area contributed by atoms with E-state index in [1.54, 1.807) is 24.5 Å². The number of aryl methyl sites for hydroxylation is 1. The molecule has 3 aromatic heterocycles. The van der Waals surface area contributed by atoms with Crippen molar-refractivity contribution in [2.45, 2.75) is 32.0 Å². The van der Waals surface area contributed by atoms with Crippen LogP contribution < -0.4 is 5.69 Å². The quantitative estimate of drug-likeness (QED) is 0.358. The maximum atomic E-state index is 14.9. The van der Waals surface area contributed by atoms with E-state index in [9.17, 15) is 18.7 Å². The van der Waals surface area contributed by atoms with Gasteiger partial charge in [0.15, 0.2) is 0 Å². The summed E-state index contributed by atoms with van der Waals surface area (Å²) < 4.78 is 32.6. The molecule has 0 aliphatic rings. The highest BCUT2D eigenvalue weighted by Crippen LogP contribution is 2.36. The highest BCUT2D eigenvalue weighted by atomic mass is 32.1. The molecular formula is C25H22F2N6O2S. The number of imidazole rings is 1. The molecule has 1 N–H and O–H groups in total. The van der Waals surface area contributed by atoms with Gasteiger partial charge in [-0.2, -0.15) is 5.10 Å². The predicted octanol–water partition coefficient (Wildman–Crippen LogP) is 4.09. The molecule has 0 unspecified atom stereocenters. The van der Waals surface area contributed by atoms with Crippen molar-refractivity contribution in [2.24, 2.45) is 0 Å². The molecule has 0 radical (unpaired) electrons. The smallest absolute Gasteiger partial charge is 0.333 e. The van der Waals surface area contributed by atoms with Crippen LogP contribution >= 0.6 is 11.3 Å². The Morgan fingerprint density at radius 1 is 1.14 bits per heavy atom. The van der Waals surface area contributed by atoms with Crippen LogP contribution in [0.4, 0.5) is 8.78 Å². The third-order valence-electron chi connectivity index (χ3n) is 6.24. The van der Waals surface area contributed by atoms with E-state index >= 15 is 0 Å². The average molecular weight is 509 g/mol. The summed E-state index contributed by atoms with van der Waals surface area (Å²) in [7, 11) is 0. The Morgan fingerprint density at radius 2 is 1.92 bits per heavy atom. The van der Waals surface area contributed by atoms with Crippen molar-refractivity contribution in [3.63, 3.8) is 0 Å². The van der Waals surface area contributed by atoms with Gasteiger partial charge in [-0.3, -0.25) is 9.13 Å². The van der Waals surface area contributed by atoms with Gasteiger partial charge >= 0.3 is 5.69 Å². The number of hydrogen-bond donors (Lipinski definition) is 1. The van der Waals surface area contributed by atoms with E-state index in [2.05, 4.69) is 15.1 Å². The molecule has 11 heteroatoms. The molecule has 0 aliphatic carbocycles. The third-order valence-corrected chi connectivity index (χ3v) is 7.01. The summed E-state index contributed by atoms with van der Waals surface area (Å²) in [6.45, 7) is 3.32. The van der Waals surface area contributed by atoms with E-state index in [0.29, 0.717) is 11.8 Å².